The van der Waals surface area contributed by atoms with E-state index in [4.69, 9.17) is 4.74 Å². The van der Waals surface area contributed by atoms with Gasteiger partial charge in [0.05, 0.1) is 13.2 Å². The van der Waals surface area contributed by atoms with Crippen molar-refractivity contribution in [1.82, 2.24) is 5.32 Å². The first-order valence-electron chi connectivity index (χ1n) is 5.19. The zero-order valence-electron chi connectivity index (χ0n) is 9.34. The maximum Gasteiger partial charge on any atom is 0.119 e. The molecule has 1 aromatic rings. The smallest absolute Gasteiger partial charge is 0.119 e. The van der Waals surface area contributed by atoms with E-state index in [1.54, 1.807) is 0 Å². The molecule has 0 aromatic heterocycles. The summed E-state index contributed by atoms with van der Waals surface area (Å²) in [4.78, 5) is 0. The van der Waals surface area contributed by atoms with Crippen LogP contribution in [0.1, 0.15) is 19.4 Å². The van der Waals surface area contributed by atoms with Crippen LogP contribution in [-0.4, -0.2) is 13.2 Å². The third-order valence-corrected chi connectivity index (χ3v) is 1.95. The highest BCUT2D eigenvalue weighted by molar-refractivity contribution is 5.27. The largest absolute Gasteiger partial charge is 0.494 e. The minimum atomic E-state index is 0.712. The van der Waals surface area contributed by atoms with Gasteiger partial charge in [0.25, 0.3) is 0 Å². The second kappa shape index (κ2) is 6.92. The summed E-state index contributed by atoms with van der Waals surface area (Å²) in [5.41, 5.74) is 1.25. The molecule has 0 aliphatic rings. The van der Waals surface area contributed by atoms with Gasteiger partial charge in [-0.05, 0) is 31.5 Å². The maximum atomic E-state index is 5.36. The lowest BCUT2D eigenvalue weighted by Gasteiger charge is -2.04. The first kappa shape index (κ1) is 11.6. The van der Waals surface area contributed by atoms with Crippen LogP contribution < -0.4 is 10.1 Å². The van der Waals surface area contributed by atoms with Crippen molar-refractivity contribution in [2.24, 2.45) is 0 Å². The predicted octanol–water partition coefficient (Wildman–Crippen LogP) is 2.20. The lowest BCUT2D eigenvalue weighted by atomic mass is 10.2. The average Bonchev–Trinajstić information content (AvgIpc) is 2.27. The Bertz CT molecular complexity index is 332. The van der Waals surface area contributed by atoms with Gasteiger partial charge < -0.3 is 10.1 Å². The Kier molecular flexibility index (Phi) is 5.35. The van der Waals surface area contributed by atoms with E-state index in [-0.39, 0.29) is 0 Å². The summed E-state index contributed by atoms with van der Waals surface area (Å²) in [6.45, 7) is 6.13. The van der Waals surface area contributed by atoms with Gasteiger partial charge in [-0.15, -0.1) is 5.92 Å². The second-order valence-electron chi connectivity index (χ2n) is 3.11. The molecule has 0 saturated heterocycles. The fraction of sp³-hybridized carbons (Fsp3) is 0.385. The van der Waals surface area contributed by atoms with Gasteiger partial charge in [0.15, 0.2) is 0 Å². The topological polar surface area (TPSA) is 21.3 Å². The van der Waals surface area contributed by atoms with Crippen LogP contribution in [-0.2, 0) is 6.54 Å². The first-order chi connectivity index (χ1) is 7.36. The molecule has 0 aliphatic carbocycles. The summed E-state index contributed by atoms with van der Waals surface area (Å²) >= 11 is 0. The van der Waals surface area contributed by atoms with Crippen LogP contribution in [0.4, 0.5) is 0 Å². The van der Waals surface area contributed by atoms with Crippen LogP contribution >= 0.6 is 0 Å². The summed E-state index contributed by atoms with van der Waals surface area (Å²) in [5.74, 6) is 6.74. The molecule has 0 saturated carbocycles. The number of nitrogens with one attached hydrogen (secondary N) is 1. The molecule has 80 valence electrons. The highest BCUT2D eigenvalue weighted by atomic mass is 16.5. The van der Waals surface area contributed by atoms with E-state index in [0.29, 0.717) is 6.61 Å². The van der Waals surface area contributed by atoms with Crippen molar-refractivity contribution in [3.05, 3.63) is 29.8 Å². The fourth-order valence-electron chi connectivity index (χ4n) is 1.23. The number of ether oxygens (including phenoxy) is 1. The van der Waals surface area contributed by atoms with E-state index in [9.17, 15) is 0 Å². The molecule has 2 nitrogen and oxygen atoms in total. The zero-order chi connectivity index (χ0) is 10.9. The van der Waals surface area contributed by atoms with Gasteiger partial charge >= 0.3 is 0 Å². The van der Waals surface area contributed by atoms with Crippen molar-refractivity contribution in [1.29, 1.82) is 0 Å². The number of rotatable bonds is 5. The average molecular weight is 203 g/mol. The molecule has 0 bridgehead atoms. The van der Waals surface area contributed by atoms with Crippen molar-refractivity contribution in [2.75, 3.05) is 13.2 Å². The zero-order valence-corrected chi connectivity index (χ0v) is 9.34. The van der Waals surface area contributed by atoms with Crippen molar-refractivity contribution < 1.29 is 4.74 Å². The van der Waals surface area contributed by atoms with E-state index < -0.39 is 0 Å². The molecule has 1 N–H and O–H groups in total. The van der Waals surface area contributed by atoms with Gasteiger partial charge in [-0.1, -0.05) is 18.1 Å². The van der Waals surface area contributed by atoms with Gasteiger partial charge in [-0.3, -0.25) is 0 Å². The van der Waals surface area contributed by atoms with Crippen molar-refractivity contribution in [2.45, 2.75) is 20.4 Å². The summed E-state index contributed by atoms with van der Waals surface area (Å²) in [6, 6.07) is 8.12. The van der Waals surface area contributed by atoms with Crippen LogP contribution in [0.25, 0.3) is 0 Å². The maximum absolute atomic E-state index is 5.36. The van der Waals surface area contributed by atoms with Gasteiger partial charge in [0.2, 0.25) is 0 Å². The molecule has 1 rings (SSSR count). The SMILES string of the molecule is CC#CCNCc1ccc(OCC)cc1. The Balaban J connectivity index is 2.38. The van der Waals surface area contributed by atoms with Crippen molar-refractivity contribution in [3.63, 3.8) is 0 Å². The van der Waals surface area contributed by atoms with Gasteiger partial charge in [-0.25, -0.2) is 0 Å². The number of benzene rings is 1. The summed E-state index contributed by atoms with van der Waals surface area (Å²) in [7, 11) is 0. The third-order valence-electron chi connectivity index (χ3n) is 1.95. The molecule has 0 amide bonds. The Morgan fingerprint density at radius 2 is 2.00 bits per heavy atom. The molecule has 0 heterocycles. The molecule has 0 spiro atoms. The standard InChI is InChI=1S/C13H17NO/c1-3-5-10-14-11-12-6-8-13(9-7-12)15-4-2/h6-9,14H,4,10-11H2,1-2H3. The molecular formula is C13H17NO. The lowest BCUT2D eigenvalue weighted by Crippen LogP contribution is -2.12. The molecule has 0 radical (unpaired) electrons. The Hall–Kier alpha value is -1.46. The van der Waals surface area contributed by atoms with E-state index in [2.05, 4.69) is 29.3 Å². The Morgan fingerprint density at radius 1 is 1.27 bits per heavy atom. The highest BCUT2D eigenvalue weighted by Gasteiger charge is 1.93. The molecule has 15 heavy (non-hydrogen) atoms. The molecule has 0 aliphatic heterocycles. The van der Waals surface area contributed by atoms with Crippen LogP contribution in [0.2, 0.25) is 0 Å². The first-order valence-corrected chi connectivity index (χ1v) is 5.19. The molecular weight excluding hydrogens is 186 g/mol. The van der Waals surface area contributed by atoms with Gasteiger partial charge in [0, 0.05) is 6.54 Å². The van der Waals surface area contributed by atoms with E-state index in [1.165, 1.54) is 5.56 Å². The van der Waals surface area contributed by atoms with E-state index >= 15 is 0 Å². The molecule has 0 fully saturated rings. The predicted molar refractivity (Wildman–Crippen MR) is 62.8 cm³/mol. The van der Waals surface area contributed by atoms with Crippen LogP contribution in [0, 0.1) is 11.8 Å². The van der Waals surface area contributed by atoms with Crippen LogP contribution in [0.3, 0.4) is 0 Å². The van der Waals surface area contributed by atoms with Crippen molar-refractivity contribution >= 4 is 0 Å². The third kappa shape index (κ3) is 4.53. The molecule has 0 unspecified atom stereocenters. The summed E-state index contributed by atoms with van der Waals surface area (Å²) in [5, 5.41) is 3.24. The highest BCUT2D eigenvalue weighted by Crippen LogP contribution is 2.11. The van der Waals surface area contributed by atoms with Crippen LogP contribution in [0.15, 0.2) is 24.3 Å². The van der Waals surface area contributed by atoms with Crippen molar-refractivity contribution in [3.8, 4) is 17.6 Å². The van der Waals surface area contributed by atoms with E-state index in [0.717, 1.165) is 18.8 Å². The fourth-order valence-corrected chi connectivity index (χ4v) is 1.23. The minimum absolute atomic E-state index is 0.712. The Labute approximate surface area is 91.6 Å². The summed E-state index contributed by atoms with van der Waals surface area (Å²) < 4.78 is 5.36. The minimum Gasteiger partial charge on any atom is -0.494 e. The number of hydrogen-bond donors (Lipinski definition) is 1. The molecule has 1 aromatic carbocycles. The van der Waals surface area contributed by atoms with Crippen LogP contribution in [0.5, 0.6) is 5.75 Å². The van der Waals surface area contributed by atoms with Gasteiger partial charge in [0.1, 0.15) is 5.75 Å². The van der Waals surface area contributed by atoms with E-state index in [1.807, 2.05) is 26.0 Å². The number of hydrogen-bond acceptors (Lipinski definition) is 2. The quantitative estimate of drug-likeness (QED) is 0.585. The lowest BCUT2D eigenvalue weighted by molar-refractivity contribution is 0.340. The molecule has 2 heteroatoms. The Morgan fingerprint density at radius 3 is 2.60 bits per heavy atom. The monoisotopic (exact) mass is 203 g/mol. The summed E-state index contributed by atoms with van der Waals surface area (Å²) in [6.07, 6.45) is 0. The molecule has 0 atom stereocenters. The van der Waals surface area contributed by atoms with Gasteiger partial charge in [-0.2, -0.15) is 0 Å². The normalized spacial score (nSPS) is 9.20. The second-order valence-corrected chi connectivity index (χ2v) is 3.11.